The van der Waals surface area contributed by atoms with E-state index >= 15 is 4.39 Å². The molecule has 2 aliphatic heterocycles. The lowest BCUT2D eigenvalue weighted by Crippen LogP contribution is -2.56. The molecule has 48 heavy (non-hydrogen) atoms. The summed E-state index contributed by atoms with van der Waals surface area (Å²) in [5, 5.41) is 4.15. The molecule has 1 saturated carbocycles. The number of carbonyl (C=O) groups excluding carboxylic acids is 1. The summed E-state index contributed by atoms with van der Waals surface area (Å²) in [7, 11) is -2.03. The molecule has 3 heterocycles. The first-order valence-corrected chi connectivity index (χ1v) is 18.8. The van der Waals surface area contributed by atoms with E-state index in [1.165, 1.54) is 13.2 Å². The standard InChI is InChI=1S/C37H48FN5O4S/c1-4-35-39-18-21-42(35)26-37(29-8-6-9-30(38)22-29,33-10-7-11-34(33)40-36(44)47-3)28-16-19-41(20-17-28)23-27-24-43(25-27)31-12-14-32(15-13-31)48(45,46)5-2/h5-6,8-9,12-15,18,21-22,27-28,33-34H,2,4,7,10-11,16-17,19-20,23-26H2,1,3H3,(H,40,44)/t33-,34-,37-/m0/s1. The van der Waals surface area contributed by atoms with Gasteiger partial charge in [0.05, 0.1) is 12.0 Å². The van der Waals surface area contributed by atoms with Gasteiger partial charge in [0, 0.05) is 73.5 Å². The first kappa shape index (κ1) is 34.2. The van der Waals surface area contributed by atoms with E-state index in [0.29, 0.717) is 12.5 Å². The highest BCUT2D eigenvalue weighted by atomic mass is 32.2. The summed E-state index contributed by atoms with van der Waals surface area (Å²) < 4.78 is 46.6. The van der Waals surface area contributed by atoms with Gasteiger partial charge in [-0.2, -0.15) is 0 Å². The van der Waals surface area contributed by atoms with Crippen molar-refractivity contribution in [2.45, 2.75) is 68.3 Å². The number of amides is 1. The first-order valence-electron chi connectivity index (χ1n) is 17.2. The second-order valence-electron chi connectivity index (χ2n) is 13.7. The topological polar surface area (TPSA) is 96.8 Å². The highest BCUT2D eigenvalue weighted by molar-refractivity contribution is 7.94. The molecule has 1 N–H and O–H groups in total. The number of aromatic nitrogens is 2. The molecule has 3 atom stereocenters. The van der Waals surface area contributed by atoms with Gasteiger partial charge < -0.3 is 24.4 Å². The predicted octanol–water partition coefficient (Wildman–Crippen LogP) is 5.81. The highest BCUT2D eigenvalue weighted by Gasteiger charge is 2.52. The zero-order chi connectivity index (χ0) is 33.9. The molecule has 3 aliphatic rings. The number of likely N-dealkylation sites (tertiary alicyclic amines) is 1. The molecule has 1 aliphatic carbocycles. The Morgan fingerprint density at radius 1 is 1.12 bits per heavy atom. The normalized spacial score (nSPS) is 22.2. The van der Waals surface area contributed by atoms with Gasteiger partial charge in [0.2, 0.25) is 0 Å². The molecule has 258 valence electrons. The van der Waals surface area contributed by atoms with Crippen LogP contribution in [0.25, 0.3) is 0 Å². The molecule has 1 amide bonds. The monoisotopic (exact) mass is 677 g/mol. The number of nitrogens with one attached hydrogen (secondary N) is 1. The Bertz CT molecular complexity index is 1680. The van der Waals surface area contributed by atoms with Crippen LogP contribution in [0.3, 0.4) is 0 Å². The van der Waals surface area contributed by atoms with Gasteiger partial charge in [0.25, 0.3) is 0 Å². The lowest BCUT2D eigenvalue weighted by atomic mass is 9.58. The molecule has 6 rings (SSSR count). The number of nitrogens with zero attached hydrogens (tertiary/aromatic N) is 4. The Morgan fingerprint density at radius 3 is 2.54 bits per heavy atom. The molecule has 11 heteroatoms. The third-order valence-electron chi connectivity index (χ3n) is 11.1. The molecular formula is C37H48FN5O4S. The van der Waals surface area contributed by atoms with Gasteiger partial charge in [-0.05, 0) is 92.6 Å². The van der Waals surface area contributed by atoms with Crippen LogP contribution in [0, 0.1) is 23.6 Å². The number of halogens is 1. The van der Waals surface area contributed by atoms with Crippen LogP contribution in [0.1, 0.15) is 50.4 Å². The Labute approximate surface area is 284 Å². The number of carbonyl (C=O) groups is 1. The van der Waals surface area contributed by atoms with Crippen molar-refractivity contribution in [1.82, 2.24) is 19.8 Å². The van der Waals surface area contributed by atoms with E-state index < -0.39 is 21.3 Å². The number of piperidine rings is 1. The van der Waals surface area contributed by atoms with E-state index in [2.05, 4.69) is 44.2 Å². The SMILES string of the molecule is C=CS(=O)(=O)c1ccc(N2CC(CN3CCC([C@@](Cn4ccnc4CC)(c4cccc(F)c4)[C@H]4CCC[C@@H]4NC(=O)OC)CC3)C2)cc1. The number of hydrogen-bond acceptors (Lipinski definition) is 7. The average molecular weight is 678 g/mol. The van der Waals surface area contributed by atoms with Crippen molar-refractivity contribution in [3.05, 3.63) is 90.1 Å². The molecule has 2 saturated heterocycles. The van der Waals surface area contributed by atoms with Crippen LogP contribution >= 0.6 is 0 Å². The molecule has 3 fully saturated rings. The van der Waals surface area contributed by atoms with E-state index in [9.17, 15) is 13.2 Å². The van der Waals surface area contributed by atoms with Gasteiger partial charge in [-0.3, -0.25) is 0 Å². The summed E-state index contributed by atoms with van der Waals surface area (Å²) in [6.45, 7) is 11.0. The van der Waals surface area contributed by atoms with Gasteiger partial charge >= 0.3 is 6.09 Å². The fraction of sp³-hybridized carbons (Fsp3) is 0.514. The second kappa shape index (κ2) is 14.4. The maximum Gasteiger partial charge on any atom is 0.407 e. The number of anilines is 1. The van der Waals surface area contributed by atoms with E-state index in [4.69, 9.17) is 4.74 Å². The number of imidazole rings is 1. The maximum atomic E-state index is 15.1. The molecule has 0 bridgehead atoms. The maximum absolute atomic E-state index is 15.1. The lowest BCUT2D eigenvalue weighted by molar-refractivity contribution is 0.0541. The quantitative estimate of drug-likeness (QED) is 0.259. The summed E-state index contributed by atoms with van der Waals surface area (Å²) in [5.74, 6) is 1.69. The number of hydrogen-bond donors (Lipinski definition) is 1. The Hall–Kier alpha value is -3.70. The van der Waals surface area contributed by atoms with Crippen LogP contribution in [-0.4, -0.2) is 74.8 Å². The molecule has 0 unspecified atom stereocenters. The molecule has 0 spiro atoms. The molecule has 2 aromatic carbocycles. The van der Waals surface area contributed by atoms with E-state index in [1.807, 2.05) is 30.6 Å². The number of aryl methyl sites for hydroxylation is 1. The Balaban J connectivity index is 1.20. The largest absolute Gasteiger partial charge is 0.453 e. The van der Waals surface area contributed by atoms with Gasteiger partial charge in [0.15, 0.2) is 9.84 Å². The zero-order valence-corrected chi connectivity index (χ0v) is 28.9. The minimum atomic E-state index is -3.44. The number of methoxy groups -OCH3 is 1. The van der Waals surface area contributed by atoms with Gasteiger partial charge in [-0.1, -0.05) is 32.1 Å². The van der Waals surface area contributed by atoms with Crippen LogP contribution < -0.4 is 10.2 Å². The zero-order valence-electron chi connectivity index (χ0n) is 28.1. The minimum absolute atomic E-state index is 0.0701. The molecule has 1 aromatic heterocycles. The third-order valence-corrected chi connectivity index (χ3v) is 12.5. The molecule has 3 aromatic rings. The van der Waals surface area contributed by atoms with Crippen molar-refractivity contribution in [2.75, 3.05) is 44.7 Å². The van der Waals surface area contributed by atoms with Crippen LogP contribution in [-0.2, 0) is 33.0 Å². The van der Waals surface area contributed by atoms with Crippen LogP contribution in [0.5, 0.6) is 0 Å². The minimum Gasteiger partial charge on any atom is -0.453 e. The van der Waals surface area contributed by atoms with Crippen molar-refractivity contribution in [2.24, 2.45) is 17.8 Å². The number of sulfone groups is 1. The lowest BCUT2D eigenvalue weighted by Gasteiger charge is -2.51. The van der Waals surface area contributed by atoms with Crippen LogP contribution in [0.4, 0.5) is 14.9 Å². The summed E-state index contributed by atoms with van der Waals surface area (Å²) in [5.41, 5.74) is 1.62. The van der Waals surface area contributed by atoms with E-state index in [-0.39, 0.29) is 28.6 Å². The Morgan fingerprint density at radius 2 is 1.88 bits per heavy atom. The highest BCUT2D eigenvalue weighted by Crippen LogP contribution is 2.52. The van der Waals surface area contributed by atoms with Crippen molar-refractivity contribution < 1.29 is 22.3 Å². The summed E-state index contributed by atoms with van der Waals surface area (Å²) in [6.07, 6.45) is 9.04. The summed E-state index contributed by atoms with van der Waals surface area (Å²) in [6, 6.07) is 14.1. The number of rotatable bonds is 12. The number of ether oxygens (including phenoxy) is 1. The van der Waals surface area contributed by atoms with Crippen LogP contribution in [0.15, 0.2) is 77.8 Å². The van der Waals surface area contributed by atoms with Gasteiger partial charge in [0.1, 0.15) is 11.6 Å². The second-order valence-corrected chi connectivity index (χ2v) is 15.6. The average Bonchev–Trinajstić information content (AvgIpc) is 3.74. The van der Waals surface area contributed by atoms with E-state index in [1.54, 1.807) is 18.2 Å². The molecule has 0 radical (unpaired) electrons. The smallest absolute Gasteiger partial charge is 0.407 e. The Kier molecular flexibility index (Phi) is 10.3. The van der Waals surface area contributed by atoms with Gasteiger partial charge in [-0.25, -0.2) is 22.6 Å². The van der Waals surface area contributed by atoms with Crippen molar-refractivity contribution in [1.29, 1.82) is 0 Å². The third kappa shape index (κ3) is 6.89. The van der Waals surface area contributed by atoms with Crippen molar-refractivity contribution >= 4 is 21.6 Å². The van der Waals surface area contributed by atoms with Crippen LogP contribution in [0.2, 0.25) is 0 Å². The number of benzene rings is 2. The molecular weight excluding hydrogens is 630 g/mol. The number of alkyl carbamates (subject to hydrolysis) is 1. The fourth-order valence-corrected chi connectivity index (χ4v) is 9.45. The fourth-order valence-electron chi connectivity index (χ4n) is 8.74. The first-order chi connectivity index (χ1) is 23.2. The van der Waals surface area contributed by atoms with Crippen molar-refractivity contribution in [3.63, 3.8) is 0 Å². The molecule has 9 nitrogen and oxygen atoms in total. The summed E-state index contributed by atoms with van der Waals surface area (Å²) >= 11 is 0. The summed E-state index contributed by atoms with van der Waals surface area (Å²) in [4.78, 5) is 22.3. The van der Waals surface area contributed by atoms with Gasteiger partial charge in [-0.15, -0.1) is 0 Å². The van der Waals surface area contributed by atoms with E-state index in [0.717, 1.165) is 93.7 Å². The van der Waals surface area contributed by atoms with Crippen molar-refractivity contribution in [3.8, 4) is 0 Å². The predicted molar refractivity (Wildman–Crippen MR) is 185 cm³/mol.